The highest BCUT2D eigenvalue weighted by Crippen LogP contribution is 2.51. The second-order valence-electron chi connectivity index (χ2n) is 8.21. The Kier molecular flexibility index (Phi) is 4.55. The predicted molar refractivity (Wildman–Crippen MR) is 94.7 cm³/mol. The molecule has 4 aliphatic carbocycles. The van der Waals surface area contributed by atoms with Crippen molar-refractivity contribution in [3.05, 3.63) is 35.5 Å². The SMILES string of the molecule is C(=CC1CCCCC1)C=C1CCCC2C1=CC1CCCCC12. The number of hydrogen-bond acceptors (Lipinski definition) is 0. The van der Waals surface area contributed by atoms with Gasteiger partial charge in [-0.05, 0) is 79.8 Å². The fraction of sp³-hybridized carbons (Fsp3) is 0.727. The van der Waals surface area contributed by atoms with Crippen molar-refractivity contribution in [2.45, 2.75) is 77.0 Å². The summed E-state index contributed by atoms with van der Waals surface area (Å²) in [6, 6.07) is 0. The lowest BCUT2D eigenvalue weighted by Crippen LogP contribution is -2.23. The third kappa shape index (κ3) is 2.99. The molecule has 120 valence electrons. The fourth-order valence-corrected chi connectivity index (χ4v) is 5.69. The van der Waals surface area contributed by atoms with E-state index in [2.05, 4.69) is 24.3 Å². The average molecular weight is 296 g/mol. The predicted octanol–water partition coefficient (Wildman–Crippen LogP) is 6.60. The summed E-state index contributed by atoms with van der Waals surface area (Å²) in [6.45, 7) is 0. The van der Waals surface area contributed by atoms with Gasteiger partial charge in [-0.2, -0.15) is 0 Å². The summed E-state index contributed by atoms with van der Waals surface area (Å²) < 4.78 is 0. The minimum Gasteiger partial charge on any atom is -0.0814 e. The van der Waals surface area contributed by atoms with E-state index in [-0.39, 0.29) is 0 Å². The first-order valence-corrected chi connectivity index (χ1v) is 10.0. The topological polar surface area (TPSA) is 0 Å². The molecule has 0 aromatic rings. The quantitative estimate of drug-likeness (QED) is 0.539. The molecule has 0 nitrogen and oxygen atoms in total. The summed E-state index contributed by atoms with van der Waals surface area (Å²) >= 11 is 0. The molecular formula is C22H32. The normalized spacial score (nSPS) is 38.1. The van der Waals surface area contributed by atoms with Crippen molar-refractivity contribution < 1.29 is 0 Å². The summed E-state index contributed by atoms with van der Waals surface area (Å²) in [6.07, 6.45) is 27.5. The molecule has 3 unspecified atom stereocenters. The van der Waals surface area contributed by atoms with Crippen molar-refractivity contribution in [1.82, 2.24) is 0 Å². The van der Waals surface area contributed by atoms with Crippen LogP contribution in [0.25, 0.3) is 0 Å². The number of fused-ring (bicyclic) bond motifs is 3. The molecule has 0 spiro atoms. The molecule has 22 heavy (non-hydrogen) atoms. The lowest BCUT2D eigenvalue weighted by atomic mass is 9.72. The van der Waals surface area contributed by atoms with Crippen LogP contribution in [0.4, 0.5) is 0 Å². The Morgan fingerprint density at radius 3 is 2.55 bits per heavy atom. The molecule has 0 bridgehead atoms. The van der Waals surface area contributed by atoms with E-state index in [1.165, 1.54) is 77.0 Å². The molecule has 0 radical (unpaired) electrons. The summed E-state index contributed by atoms with van der Waals surface area (Å²) in [5.74, 6) is 3.73. The minimum atomic E-state index is 0.866. The van der Waals surface area contributed by atoms with Gasteiger partial charge < -0.3 is 0 Å². The Morgan fingerprint density at radius 1 is 0.818 bits per heavy atom. The van der Waals surface area contributed by atoms with E-state index in [1.807, 2.05) is 0 Å². The molecule has 0 aromatic heterocycles. The molecule has 0 amide bonds. The largest absolute Gasteiger partial charge is 0.0814 e. The first-order valence-electron chi connectivity index (χ1n) is 10.0. The van der Waals surface area contributed by atoms with Crippen molar-refractivity contribution in [2.24, 2.45) is 23.7 Å². The molecule has 0 heteroatoms. The molecule has 0 aromatic carbocycles. The van der Waals surface area contributed by atoms with Gasteiger partial charge in [0.1, 0.15) is 0 Å². The third-order valence-corrected chi connectivity index (χ3v) is 6.85. The first-order chi connectivity index (χ1) is 10.9. The zero-order valence-corrected chi connectivity index (χ0v) is 14.1. The van der Waals surface area contributed by atoms with E-state index >= 15 is 0 Å². The van der Waals surface area contributed by atoms with Gasteiger partial charge in [0, 0.05) is 0 Å². The molecule has 3 saturated carbocycles. The highest BCUT2D eigenvalue weighted by Gasteiger charge is 2.40. The molecular weight excluding hydrogens is 264 g/mol. The van der Waals surface area contributed by atoms with Crippen LogP contribution in [0.1, 0.15) is 77.0 Å². The van der Waals surface area contributed by atoms with E-state index in [1.54, 1.807) is 11.1 Å². The molecule has 0 saturated heterocycles. The van der Waals surface area contributed by atoms with Crippen molar-refractivity contribution in [1.29, 1.82) is 0 Å². The molecule has 0 aliphatic heterocycles. The monoisotopic (exact) mass is 296 g/mol. The number of hydrogen-bond donors (Lipinski definition) is 0. The highest BCUT2D eigenvalue weighted by atomic mass is 14.4. The maximum absolute atomic E-state index is 2.70. The second-order valence-corrected chi connectivity index (χ2v) is 8.21. The van der Waals surface area contributed by atoms with Gasteiger partial charge in [0.15, 0.2) is 0 Å². The van der Waals surface area contributed by atoms with Gasteiger partial charge in [0.25, 0.3) is 0 Å². The summed E-state index contributed by atoms with van der Waals surface area (Å²) in [5.41, 5.74) is 3.47. The molecule has 4 rings (SSSR count). The smallest absolute Gasteiger partial charge is 0.0128 e. The van der Waals surface area contributed by atoms with Gasteiger partial charge >= 0.3 is 0 Å². The van der Waals surface area contributed by atoms with Crippen LogP contribution in [-0.2, 0) is 0 Å². The molecule has 0 N–H and O–H groups in total. The van der Waals surface area contributed by atoms with Gasteiger partial charge in [0.2, 0.25) is 0 Å². The van der Waals surface area contributed by atoms with Gasteiger partial charge in [-0.25, -0.2) is 0 Å². The third-order valence-electron chi connectivity index (χ3n) is 6.85. The lowest BCUT2D eigenvalue weighted by Gasteiger charge is -2.33. The molecule has 4 aliphatic rings. The number of rotatable bonds is 2. The molecule has 3 fully saturated rings. The lowest BCUT2D eigenvalue weighted by molar-refractivity contribution is 0.228. The molecule has 0 heterocycles. The zero-order valence-electron chi connectivity index (χ0n) is 14.1. The van der Waals surface area contributed by atoms with E-state index < -0.39 is 0 Å². The van der Waals surface area contributed by atoms with Crippen molar-refractivity contribution >= 4 is 0 Å². The maximum atomic E-state index is 2.70. The Labute approximate surface area is 136 Å². The Hall–Kier alpha value is -0.780. The van der Waals surface area contributed by atoms with E-state index in [9.17, 15) is 0 Å². The van der Waals surface area contributed by atoms with Crippen LogP contribution in [0.2, 0.25) is 0 Å². The van der Waals surface area contributed by atoms with E-state index in [4.69, 9.17) is 0 Å². The van der Waals surface area contributed by atoms with Gasteiger partial charge in [0.05, 0.1) is 0 Å². The van der Waals surface area contributed by atoms with Gasteiger partial charge in [-0.1, -0.05) is 56.4 Å². The second kappa shape index (κ2) is 6.77. The standard InChI is InChI=1S/C22H32/c1-2-8-17(9-3-1)10-6-12-18-13-7-15-21-20-14-5-4-11-19(20)16-22(18)21/h6,10,12,16-17,19-21H,1-5,7-9,11,13-15H2. The Bertz CT molecular complexity index is 472. The van der Waals surface area contributed by atoms with E-state index in [0.29, 0.717) is 0 Å². The highest BCUT2D eigenvalue weighted by molar-refractivity contribution is 5.41. The van der Waals surface area contributed by atoms with Crippen molar-refractivity contribution in [2.75, 3.05) is 0 Å². The van der Waals surface area contributed by atoms with Gasteiger partial charge in [-0.15, -0.1) is 0 Å². The Morgan fingerprint density at radius 2 is 1.64 bits per heavy atom. The summed E-state index contributed by atoms with van der Waals surface area (Å²) in [7, 11) is 0. The van der Waals surface area contributed by atoms with E-state index in [0.717, 1.165) is 23.7 Å². The minimum absolute atomic E-state index is 0.866. The maximum Gasteiger partial charge on any atom is -0.0128 e. The van der Waals surface area contributed by atoms with Crippen LogP contribution >= 0.6 is 0 Å². The summed E-state index contributed by atoms with van der Waals surface area (Å²) in [5, 5.41) is 0. The summed E-state index contributed by atoms with van der Waals surface area (Å²) in [4.78, 5) is 0. The number of allylic oxidation sites excluding steroid dienone is 6. The van der Waals surface area contributed by atoms with Crippen LogP contribution in [0.5, 0.6) is 0 Å². The van der Waals surface area contributed by atoms with Crippen molar-refractivity contribution in [3.63, 3.8) is 0 Å². The van der Waals surface area contributed by atoms with Crippen LogP contribution in [-0.4, -0.2) is 0 Å². The Balaban J connectivity index is 1.46. The van der Waals surface area contributed by atoms with Crippen molar-refractivity contribution in [3.8, 4) is 0 Å². The average Bonchev–Trinajstić information content (AvgIpc) is 2.96. The first kappa shape index (κ1) is 14.8. The molecule has 3 atom stereocenters. The van der Waals surface area contributed by atoms with Crippen LogP contribution in [0.15, 0.2) is 35.5 Å². The zero-order chi connectivity index (χ0) is 14.8. The van der Waals surface area contributed by atoms with Crippen LogP contribution in [0, 0.1) is 23.7 Å². The van der Waals surface area contributed by atoms with Crippen LogP contribution in [0.3, 0.4) is 0 Å². The van der Waals surface area contributed by atoms with Gasteiger partial charge in [-0.3, -0.25) is 0 Å². The van der Waals surface area contributed by atoms with Crippen LogP contribution < -0.4 is 0 Å². The fourth-order valence-electron chi connectivity index (χ4n) is 5.69.